The summed E-state index contributed by atoms with van der Waals surface area (Å²) in [6, 6.07) is 18.0. The van der Waals surface area contributed by atoms with E-state index in [1.165, 1.54) is 17.4 Å². The van der Waals surface area contributed by atoms with Crippen molar-refractivity contribution in [3.8, 4) is 5.75 Å². The van der Waals surface area contributed by atoms with Crippen molar-refractivity contribution in [1.82, 2.24) is 14.9 Å². The molecule has 1 N–H and O–H groups in total. The topological polar surface area (TPSA) is 69.3 Å². The molecule has 0 saturated heterocycles. The van der Waals surface area contributed by atoms with Crippen LogP contribution in [-0.2, 0) is 13.0 Å². The molecular formula is C28H33N3O3. The lowest BCUT2D eigenvalue weighted by atomic mass is 10.0. The maximum absolute atomic E-state index is 12.1. The Balaban J connectivity index is 1.36. The van der Waals surface area contributed by atoms with Crippen LogP contribution in [0.5, 0.6) is 5.75 Å². The van der Waals surface area contributed by atoms with E-state index in [2.05, 4.69) is 54.9 Å². The zero-order valence-corrected chi connectivity index (χ0v) is 20.2. The van der Waals surface area contributed by atoms with E-state index in [0.29, 0.717) is 24.8 Å². The molecule has 0 radical (unpaired) electrons. The Bertz CT molecular complexity index is 1230. The highest BCUT2D eigenvalue weighted by atomic mass is 16.5. The fourth-order valence-corrected chi connectivity index (χ4v) is 4.16. The Hall–Kier alpha value is -3.54. The van der Waals surface area contributed by atoms with Crippen LogP contribution in [0.25, 0.3) is 11.0 Å². The minimum Gasteiger partial charge on any atom is -0.493 e. The lowest BCUT2D eigenvalue weighted by Gasteiger charge is -2.15. The van der Waals surface area contributed by atoms with Gasteiger partial charge in [-0.2, -0.15) is 0 Å². The molecule has 0 atom stereocenters. The Kier molecular flexibility index (Phi) is 7.68. The molecule has 0 bridgehead atoms. The number of nitrogens with one attached hydrogen (secondary N) is 1. The number of carbonyl (C=O) groups is 1. The molecule has 6 nitrogen and oxygen atoms in total. The molecular weight excluding hydrogens is 426 g/mol. The third-order valence-electron chi connectivity index (χ3n) is 5.92. The highest BCUT2D eigenvalue weighted by Crippen LogP contribution is 2.27. The predicted octanol–water partition coefficient (Wildman–Crippen LogP) is 5.89. The van der Waals surface area contributed by atoms with Gasteiger partial charge >= 0.3 is 0 Å². The van der Waals surface area contributed by atoms with Gasteiger partial charge in [-0.1, -0.05) is 38.1 Å². The largest absolute Gasteiger partial charge is 0.493 e. The van der Waals surface area contributed by atoms with E-state index in [4.69, 9.17) is 14.1 Å². The fourth-order valence-electron chi connectivity index (χ4n) is 4.16. The Morgan fingerprint density at radius 2 is 1.97 bits per heavy atom. The van der Waals surface area contributed by atoms with Crippen molar-refractivity contribution in [1.29, 1.82) is 0 Å². The molecule has 34 heavy (non-hydrogen) atoms. The van der Waals surface area contributed by atoms with E-state index in [0.717, 1.165) is 48.4 Å². The zero-order chi connectivity index (χ0) is 23.9. The molecule has 0 fully saturated rings. The number of benzene rings is 2. The minimum absolute atomic E-state index is 0.187. The van der Waals surface area contributed by atoms with Crippen LogP contribution in [-0.4, -0.2) is 28.6 Å². The van der Waals surface area contributed by atoms with E-state index < -0.39 is 0 Å². The summed E-state index contributed by atoms with van der Waals surface area (Å²) < 4.78 is 13.6. The number of para-hydroxylation sites is 2. The number of nitrogens with zero attached hydrogens (tertiary/aromatic N) is 2. The SMILES string of the molecule is Cc1ccc(C(C)C)c(OCCCn2c(CCCNC(=O)c3ccco3)nc3ccccc32)c1. The van der Waals surface area contributed by atoms with Crippen molar-refractivity contribution in [2.24, 2.45) is 0 Å². The summed E-state index contributed by atoms with van der Waals surface area (Å²) in [7, 11) is 0. The van der Waals surface area contributed by atoms with Gasteiger partial charge in [0.2, 0.25) is 0 Å². The first-order chi connectivity index (χ1) is 16.5. The van der Waals surface area contributed by atoms with Crippen LogP contribution in [0.15, 0.2) is 65.3 Å². The van der Waals surface area contributed by atoms with Crippen LogP contribution in [0, 0.1) is 6.92 Å². The second kappa shape index (κ2) is 11.1. The van der Waals surface area contributed by atoms with Gasteiger partial charge in [-0.25, -0.2) is 4.98 Å². The number of furan rings is 1. The number of aromatic nitrogens is 2. The lowest BCUT2D eigenvalue weighted by molar-refractivity contribution is 0.0925. The highest BCUT2D eigenvalue weighted by molar-refractivity contribution is 5.91. The van der Waals surface area contributed by atoms with Crippen LogP contribution in [0.2, 0.25) is 0 Å². The quantitative estimate of drug-likeness (QED) is 0.284. The van der Waals surface area contributed by atoms with Crippen LogP contribution in [0.4, 0.5) is 0 Å². The molecule has 0 saturated carbocycles. The molecule has 0 aliphatic rings. The number of ether oxygens (including phenoxy) is 1. The maximum Gasteiger partial charge on any atom is 0.286 e. The summed E-state index contributed by atoms with van der Waals surface area (Å²) >= 11 is 0. The number of hydrogen-bond donors (Lipinski definition) is 1. The Morgan fingerprint density at radius 3 is 2.76 bits per heavy atom. The average molecular weight is 460 g/mol. The first-order valence-electron chi connectivity index (χ1n) is 12.0. The number of aryl methyl sites for hydroxylation is 3. The van der Waals surface area contributed by atoms with E-state index in [9.17, 15) is 4.79 Å². The average Bonchev–Trinajstić information content (AvgIpc) is 3.48. The molecule has 0 unspecified atom stereocenters. The fraction of sp³-hybridized carbons (Fsp3) is 0.357. The molecule has 1 amide bonds. The molecule has 2 aromatic carbocycles. The van der Waals surface area contributed by atoms with Crippen LogP contribution < -0.4 is 10.1 Å². The van der Waals surface area contributed by atoms with Crippen molar-refractivity contribution >= 4 is 16.9 Å². The van der Waals surface area contributed by atoms with E-state index >= 15 is 0 Å². The standard InChI is InChI=1S/C28H33N3O3/c1-20(2)22-14-13-21(3)19-26(22)34-18-8-16-31-24-10-5-4-9-23(24)30-27(31)12-6-15-29-28(32)25-11-7-17-33-25/h4-5,7,9-11,13-14,17,19-20H,6,8,12,15-16,18H2,1-3H3,(H,29,32). The molecule has 4 rings (SSSR count). The number of imidazole rings is 1. The predicted molar refractivity (Wildman–Crippen MR) is 134 cm³/mol. The Labute approximate surface area is 200 Å². The third kappa shape index (κ3) is 5.68. The maximum atomic E-state index is 12.1. The van der Waals surface area contributed by atoms with Gasteiger partial charge in [-0.15, -0.1) is 0 Å². The van der Waals surface area contributed by atoms with Crippen LogP contribution in [0.1, 0.15) is 60.1 Å². The molecule has 6 heteroatoms. The molecule has 178 valence electrons. The summed E-state index contributed by atoms with van der Waals surface area (Å²) in [6.45, 7) is 8.53. The number of hydrogen-bond acceptors (Lipinski definition) is 4. The summed E-state index contributed by atoms with van der Waals surface area (Å²) in [5.41, 5.74) is 4.59. The molecule has 2 aromatic heterocycles. The first kappa shape index (κ1) is 23.6. The third-order valence-corrected chi connectivity index (χ3v) is 5.92. The lowest BCUT2D eigenvalue weighted by Crippen LogP contribution is -2.24. The second-order valence-corrected chi connectivity index (χ2v) is 8.90. The van der Waals surface area contributed by atoms with E-state index in [1.54, 1.807) is 12.1 Å². The van der Waals surface area contributed by atoms with Crippen molar-refractivity contribution in [2.75, 3.05) is 13.2 Å². The van der Waals surface area contributed by atoms with Crippen molar-refractivity contribution in [3.63, 3.8) is 0 Å². The summed E-state index contributed by atoms with van der Waals surface area (Å²) in [5.74, 6) is 2.59. The summed E-state index contributed by atoms with van der Waals surface area (Å²) in [6.07, 6.45) is 3.97. The number of rotatable bonds is 11. The highest BCUT2D eigenvalue weighted by Gasteiger charge is 2.12. The first-order valence-corrected chi connectivity index (χ1v) is 12.0. The van der Waals surface area contributed by atoms with Gasteiger partial charge in [0.15, 0.2) is 5.76 Å². The summed E-state index contributed by atoms with van der Waals surface area (Å²) in [5, 5.41) is 2.91. The monoisotopic (exact) mass is 459 g/mol. The van der Waals surface area contributed by atoms with Gasteiger partial charge in [-0.05, 0) is 67.1 Å². The van der Waals surface area contributed by atoms with Crippen molar-refractivity contribution < 1.29 is 13.9 Å². The van der Waals surface area contributed by atoms with E-state index in [1.807, 2.05) is 18.2 Å². The Morgan fingerprint density at radius 1 is 1.12 bits per heavy atom. The summed E-state index contributed by atoms with van der Waals surface area (Å²) in [4.78, 5) is 16.9. The normalized spacial score (nSPS) is 11.3. The molecule has 4 aromatic rings. The van der Waals surface area contributed by atoms with Gasteiger partial charge in [0, 0.05) is 19.5 Å². The molecule has 0 spiro atoms. The van der Waals surface area contributed by atoms with Gasteiger partial charge in [0.1, 0.15) is 11.6 Å². The van der Waals surface area contributed by atoms with Crippen molar-refractivity contribution in [3.05, 3.63) is 83.6 Å². The second-order valence-electron chi connectivity index (χ2n) is 8.90. The number of carbonyl (C=O) groups excluding carboxylic acids is 1. The smallest absolute Gasteiger partial charge is 0.286 e. The van der Waals surface area contributed by atoms with Gasteiger partial charge < -0.3 is 19.0 Å². The van der Waals surface area contributed by atoms with Crippen LogP contribution in [0.3, 0.4) is 0 Å². The van der Waals surface area contributed by atoms with Gasteiger partial charge in [-0.3, -0.25) is 4.79 Å². The number of amides is 1. The molecule has 0 aliphatic carbocycles. The molecule has 0 aliphatic heterocycles. The molecule has 2 heterocycles. The minimum atomic E-state index is -0.187. The van der Waals surface area contributed by atoms with Gasteiger partial charge in [0.05, 0.1) is 23.9 Å². The van der Waals surface area contributed by atoms with E-state index in [-0.39, 0.29) is 5.91 Å². The van der Waals surface area contributed by atoms with Crippen LogP contribution >= 0.6 is 0 Å². The van der Waals surface area contributed by atoms with Gasteiger partial charge in [0.25, 0.3) is 5.91 Å². The van der Waals surface area contributed by atoms with Crippen molar-refractivity contribution in [2.45, 2.75) is 52.5 Å². The number of fused-ring (bicyclic) bond motifs is 1. The zero-order valence-electron chi connectivity index (χ0n) is 20.2.